The lowest BCUT2D eigenvalue weighted by molar-refractivity contribution is -0.157. The summed E-state index contributed by atoms with van der Waals surface area (Å²) in [7, 11) is 0. The van der Waals surface area contributed by atoms with Gasteiger partial charge in [0.15, 0.2) is 5.82 Å². The molecule has 2 aromatic rings. The van der Waals surface area contributed by atoms with Crippen molar-refractivity contribution in [2.75, 3.05) is 5.32 Å². The third kappa shape index (κ3) is 5.00. The summed E-state index contributed by atoms with van der Waals surface area (Å²) in [6.45, 7) is 1.20. The number of carbonyl (C=O) groups is 2. The van der Waals surface area contributed by atoms with Gasteiger partial charge in [-0.25, -0.2) is 0 Å². The Kier molecular flexibility index (Phi) is 6.40. The topological polar surface area (TPSA) is 143 Å². The molecule has 0 bridgehead atoms. The molecule has 1 aliphatic carbocycles. The van der Waals surface area contributed by atoms with E-state index in [0.717, 1.165) is 12.1 Å². The molecule has 1 aromatic heterocycles. The number of primary amides is 1. The lowest BCUT2D eigenvalue weighted by Gasteiger charge is -2.35. The van der Waals surface area contributed by atoms with Crippen molar-refractivity contribution >= 4 is 23.4 Å². The first kappa shape index (κ1) is 23.1. The Morgan fingerprint density at radius 1 is 1.31 bits per heavy atom. The molecular formula is C20H20F3N5O4. The number of hydrogen-bond donors (Lipinski definition) is 3. The van der Waals surface area contributed by atoms with E-state index in [1.807, 2.05) is 0 Å². The zero-order chi connectivity index (χ0) is 23.6. The van der Waals surface area contributed by atoms with Crippen LogP contribution in [0, 0.1) is 17.2 Å². The van der Waals surface area contributed by atoms with E-state index in [9.17, 15) is 33.1 Å². The van der Waals surface area contributed by atoms with Gasteiger partial charge in [-0.3, -0.25) is 14.3 Å². The van der Waals surface area contributed by atoms with Gasteiger partial charge in [-0.2, -0.15) is 23.5 Å². The standard InChI is InChI=1S/C20H20F3N5O4/c1-10(29)32-17-6-11(8-24)15(7-16(17)30)28-9-14(18(25)31)19(27-28)26-13-4-2-12(3-5-13)20(21,22)23/h2-5,9,11,15-17,30H,6-7H2,1H3,(H2,25,31)(H,26,27)/t11-,15+,16+,17+/m0/s1. The first-order valence-corrected chi connectivity index (χ1v) is 9.57. The molecule has 1 saturated carbocycles. The number of hydrogen-bond acceptors (Lipinski definition) is 7. The number of ether oxygens (including phenoxy) is 1. The quantitative estimate of drug-likeness (QED) is 0.593. The number of aromatic nitrogens is 2. The molecule has 170 valence electrons. The molecule has 4 N–H and O–H groups in total. The number of esters is 1. The molecule has 0 unspecified atom stereocenters. The zero-order valence-electron chi connectivity index (χ0n) is 16.8. The van der Waals surface area contributed by atoms with Crippen LogP contribution in [0.1, 0.15) is 41.7 Å². The number of nitrogens with one attached hydrogen (secondary N) is 1. The van der Waals surface area contributed by atoms with Crippen molar-refractivity contribution < 1.29 is 32.6 Å². The lowest BCUT2D eigenvalue weighted by Crippen LogP contribution is -2.42. The maximum Gasteiger partial charge on any atom is 0.416 e. The number of nitriles is 1. The first-order valence-electron chi connectivity index (χ1n) is 9.57. The van der Waals surface area contributed by atoms with Crippen LogP contribution in [0.4, 0.5) is 24.7 Å². The van der Waals surface area contributed by atoms with E-state index >= 15 is 0 Å². The van der Waals surface area contributed by atoms with Crippen molar-refractivity contribution in [2.45, 2.75) is 44.2 Å². The predicted octanol–water partition coefficient (Wildman–Crippen LogP) is 2.51. The number of alkyl halides is 3. The Hall–Kier alpha value is -3.59. The minimum atomic E-state index is -4.49. The molecule has 3 rings (SSSR count). The summed E-state index contributed by atoms with van der Waals surface area (Å²) in [5.41, 5.74) is 4.77. The first-order chi connectivity index (χ1) is 15.0. The van der Waals surface area contributed by atoms with E-state index in [1.165, 1.54) is 29.9 Å². The lowest BCUT2D eigenvalue weighted by atomic mass is 9.82. The van der Waals surface area contributed by atoms with Gasteiger partial charge in [-0.1, -0.05) is 0 Å². The highest BCUT2D eigenvalue weighted by atomic mass is 19.4. The normalized spacial score (nSPS) is 23.2. The highest BCUT2D eigenvalue weighted by molar-refractivity contribution is 5.98. The van der Waals surface area contributed by atoms with E-state index in [1.54, 1.807) is 0 Å². The van der Waals surface area contributed by atoms with Crippen LogP contribution in [-0.4, -0.2) is 39.0 Å². The Labute approximate surface area is 180 Å². The van der Waals surface area contributed by atoms with Crippen LogP contribution in [0.25, 0.3) is 0 Å². The van der Waals surface area contributed by atoms with Gasteiger partial charge in [0.25, 0.3) is 5.91 Å². The van der Waals surface area contributed by atoms with Crippen molar-refractivity contribution in [1.29, 1.82) is 5.26 Å². The third-order valence-electron chi connectivity index (χ3n) is 5.16. The van der Waals surface area contributed by atoms with Crippen molar-refractivity contribution in [3.63, 3.8) is 0 Å². The van der Waals surface area contributed by atoms with Crippen LogP contribution in [-0.2, 0) is 15.7 Å². The average molecular weight is 451 g/mol. The van der Waals surface area contributed by atoms with Crippen molar-refractivity contribution in [2.24, 2.45) is 11.7 Å². The SMILES string of the molecule is CC(=O)O[C@@H]1C[C@@H](C#N)[C@H](n2cc(C(N)=O)c(Nc3ccc(C(F)(F)F)cc3)n2)C[C@H]1O. The fourth-order valence-corrected chi connectivity index (χ4v) is 3.61. The highest BCUT2D eigenvalue weighted by Gasteiger charge is 2.40. The van der Waals surface area contributed by atoms with Gasteiger partial charge in [-0.15, -0.1) is 0 Å². The van der Waals surface area contributed by atoms with Crippen molar-refractivity contribution in [3.05, 3.63) is 41.6 Å². The van der Waals surface area contributed by atoms with Gasteiger partial charge in [0, 0.05) is 31.6 Å². The second-order valence-corrected chi connectivity index (χ2v) is 7.43. The molecule has 9 nitrogen and oxygen atoms in total. The number of nitrogens with zero attached hydrogens (tertiary/aromatic N) is 3. The van der Waals surface area contributed by atoms with Crippen LogP contribution in [0.5, 0.6) is 0 Å². The highest BCUT2D eigenvalue weighted by Crippen LogP contribution is 2.36. The molecule has 0 spiro atoms. The molecule has 12 heteroatoms. The van der Waals surface area contributed by atoms with Crippen LogP contribution in [0.2, 0.25) is 0 Å². The molecular weight excluding hydrogens is 431 g/mol. The summed E-state index contributed by atoms with van der Waals surface area (Å²) in [4.78, 5) is 23.1. The molecule has 1 aliphatic rings. The minimum Gasteiger partial charge on any atom is -0.460 e. The maximum absolute atomic E-state index is 12.8. The third-order valence-corrected chi connectivity index (χ3v) is 5.16. The van der Waals surface area contributed by atoms with Crippen molar-refractivity contribution in [3.8, 4) is 6.07 Å². The number of nitrogens with two attached hydrogens (primary N) is 1. The van der Waals surface area contributed by atoms with E-state index in [4.69, 9.17) is 10.5 Å². The zero-order valence-corrected chi connectivity index (χ0v) is 16.8. The Balaban J connectivity index is 1.86. The molecule has 4 atom stereocenters. The fraction of sp³-hybridized carbons (Fsp3) is 0.400. The largest absolute Gasteiger partial charge is 0.460 e. The summed E-state index contributed by atoms with van der Waals surface area (Å²) in [6.07, 6.45) is -4.99. The molecule has 0 radical (unpaired) electrons. The number of carbonyl (C=O) groups excluding carboxylic acids is 2. The van der Waals surface area contributed by atoms with E-state index in [0.29, 0.717) is 0 Å². The number of rotatable bonds is 5. The maximum atomic E-state index is 12.8. The number of benzene rings is 1. The molecule has 0 aliphatic heterocycles. The number of anilines is 2. The van der Waals surface area contributed by atoms with E-state index in [2.05, 4.69) is 16.5 Å². The molecule has 1 aromatic carbocycles. The second-order valence-electron chi connectivity index (χ2n) is 7.43. The van der Waals surface area contributed by atoms with Gasteiger partial charge in [-0.05, 0) is 24.3 Å². The summed E-state index contributed by atoms with van der Waals surface area (Å²) < 4.78 is 44.6. The molecule has 1 fully saturated rings. The van der Waals surface area contributed by atoms with E-state index < -0.39 is 47.8 Å². The van der Waals surface area contributed by atoms with E-state index in [-0.39, 0.29) is 29.9 Å². The smallest absolute Gasteiger partial charge is 0.416 e. The van der Waals surface area contributed by atoms with Crippen LogP contribution in [0.15, 0.2) is 30.5 Å². The summed E-state index contributed by atoms with van der Waals surface area (Å²) in [6, 6.07) is 5.56. The summed E-state index contributed by atoms with van der Waals surface area (Å²) in [5.74, 6) is -2.12. The number of aliphatic hydroxyl groups is 1. The van der Waals surface area contributed by atoms with Gasteiger partial charge in [0.2, 0.25) is 0 Å². The predicted molar refractivity (Wildman–Crippen MR) is 104 cm³/mol. The minimum absolute atomic E-state index is 0.00875. The molecule has 0 saturated heterocycles. The molecule has 32 heavy (non-hydrogen) atoms. The van der Waals surface area contributed by atoms with Gasteiger partial charge < -0.3 is 20.9 Å². The molecule has 1 amide bonds. The average Bonchev–Trinajstić information content (AvgIpc) is 3.12. The Morgan fingerprint density at radius 3 is 2.50 bits per heavy atom. The van der Waals surface area contributed by atoms with Gasteiger partial charge in [0.05, 0.1) is 29.7 Å². The van der Waals surface area contributed by atoms with Gasteiger partial charge >= 0.3 is 12.1 Å². The summed E-state index contributed by atoms with van der Waals surface area (Å²) in [5, 5.41) is 26.9. The van der Waals surface area contributed by atoms with Crippen LogP contribution >= 0.6 is 0 Å². The Morgan fingerprint density at radius 2 is 1.97 bits per heavy atom. The van der Waals surface area contributed by atoms with Gasteiger partial charge in [0.1, 0.15) is 11.7 Å². The fourth-order valence-electron chi connectivity index (χ4n) is 3.61. The van der Waals surface area contributed by atoms with Crippen LogP contribution in [0.3, 0.4) is 0 Å². The summed E-state index contributed by atoms with van der Waals surface area (Å²) >= 11 is 0. The Bertz CT molecular complexity index is 1040. The number of amides is 1. The molecule has 1 heterocycles. The number of halogens is 3. The number of aliphatic hydroxyl groups excluding tert-OH is 1. The monoisotopic (exact) mass is 451 g/mol. The van der Waals surface area contributed by atoms with Crippen LogP contribution < -0.4 is 11.1 Å². The van der Waals surface area contributed by atoms with Crippen molar-refractivity contribution in [1.82, 2.24) is 9.78 Å². The second kappa shape index (κ2) is 8.88.